The third-order valence-electron chi connectivity index (χ3n) is 2.25. The average molecular weight is 264 g/mol. The van der Waals surface area contributed by atoms with E-state index in [1.54, 1.807) is 11.3 Å². The van der Waals surface area contributed by atoms with E-state index in [0.717, 1.165) is 9.35 Å². The molecular weight excluding hydrogens is 250 g/mol. The van der Waals surface area contributed by atoms with Crippen LogP contribution in [0.1, 0.15) is 16.7 Å². The minimum absolute atomic E-state index is 0.0931. The maximum Gasteiger partial charge on any atom is 0.0545 e. The topological polar surface area (TPSA) is 46.2 Å². The van der Waals surface area contributed by atoms with Crippen LogP contribution in [0.3, 0.4) is 0 Å². The van der Waals surface area contributed by atoms with Crippen molar-refractivity contribution in [2.45, 2.75) is 19.3 Å². The van der Waals surface area contributed by atoms with Crippen LogP contribution in [0.5, 0.6) is 0 Å². The van der Waals surface area contributed by atoms with Gasteiger partial charge in [-0.05, 0) is 28.9 Å². The molecule has 0 radical (unpaired) electrons. The Morgan fingerprint density at radius 1 is 1.69 bits per heavy atom. The monoisotopic (exact) mass is 263 g/mol. The lowest BCUT2D eigenvalue weighted by atomic mass is 9.90. The van der Waals surface area contributed by atoms with Crippen molar-refractivity contribution in [2.75, 3.05) is 13.2 Å². The van der Waals surface area contributed by atoms with Crippen LogP contribution >= 0.6 is 27.3 Å². The lowest BCUT2D eigenvalue weighted by molar-refractivity contribution is 0.213. The van der Waals surface area contributed by atoms with Crippen LogP contribution in [0, 0.1) is 6.92 Å². The summed E-state index contributed by atoms with van der Waals surface area (Å²) in [5.74, 6) is 0. The molecule has 0 aromatic carbocycles. The fraction of sp³-hybridized carbons (Fsp3) is 0.556. The molecular formula is C9H14BrNOS. The first-order chi connectivity index (χ1) is 6.03. The van der Waals surface area contributed by atoms with E-state index < -0.39 is 0 Å². The molecule has 1 unspecified atom stereocenters. The minimum Gasteiger partial charge on any atom is -0.395 e. The van der Waals surface area contributed by atoms with Crippen molar-refractivity contribution in [3.8, 4) is 0 Å². The highest BCUT2D eigenvalue weighted by molar-refractivity contribution is 9.10. The highest BCUT2D eigenvalue weighted by Gasteiger charge is 2.26. The van der Waals surface area contributed by atoms with Gasteiger partial charge in [-0.3, -0.25) is 0 Å². The van der Waals surface area contributed by atoms with Crippen molar-refractivity contribution in [3.63, 3.8) is 0 Å². The number of hydrogen-bond donors (Lipinski definition) is 2. The van der Waals surface area contributed by atoms with E-state index in [0.29, 0.717) is 6.54 Å². The van der Waals surface area contributed by atoms with Crippen molar-refractivity contribution >= 4 is 27.3 Å². The van der Waals surface area contributed by atoms with E-state index in [-0.39, 0.29) is 12.0 Å². The third kappa shape index (κ3) is 2.13. The average Bonchev–Trinajstić information content (AvgIpc) is 2.46. The van der Waals surface area contributed by atoms with Gasteiger partial charge in [0.25, 0.3) is 0 Å². The van der Waals surface area contributed by atoms with Crippen LogP contribution in [-0.4, -0.2) is 18.3 Å². The van der Waals surface area contributed by atoms with Crippen LogP contribution in [0.2, 0.25) is 0 Å². The summed E-state index contributed by atoms with van der Waals surface area (Å²) in [5, 5.41) is 9.25. The zero-order chi connectivity index (χ0) is 10.1. The van der Waals surface area contributed by atoms with Gasteiger partial charge in [-0.25, -0.2) is 0 Å². The molecule has 0 saturated heterocycles. The van der Waals surface area contributed by atoms with Gasteiger partial charge in [0, 0.05) is 26.2 Å². The Morgan fingerprint density at radius 2 is 2.31 bits per heavy atom. The number of halogens is 1. The number of hydrogen-bond acceptors (Lipinski definition) is 3. The second-order valence-corrected chi connectivity index (χ2v) is 5.55. The Bertz CT molecular complexity index is 274. The van der Waals surface area contributed by atoms with Gasteiger partial charge in [-0.1, -0.05) is 6.92 Å². The molecule has 2 nitrogen and oxygen atoms in total. The van der Waals surface area contributed by atoms with E-state index in [1.807, 2.05) is 19.9 Å². The van der Waals surface area contributed by atoms with Gasteiger partial charge in [0.15, 0.2) is 0 Å². The minimum atomic E-state index is -0.290. The molecule has 0 spiro atoms. The van der Waals surface area contributed by atoms with Gasteiger partial charge in [-0.2, -0.15) is 0 Å². The van der Waals surface area contributed by atoms with Crippen LogP contribution in [-0.2, 0) is 5.41 Å². The van der Waals surface area contributed by atoms with Crippen molar-refractivity contribution in [1.82, 2.24) is 0 Å². The fourth-order valence-electron chi connectivity index (χ4n) is 1.00. The van der Waals surface area contributed by atoms with Crippen molar-refractivity contribution in [2.24, 2.45) is 5.73 Å². The summed E-state index contributed by atoms with van der Waals surface area (Å²) < 4.78 is 1.10. The zero-order valence-electron chi connectivity index (χ0n) is 7.80. The molecule has 1 aromatic heterocycles. The number of rotatable bonds is 3. The van der Waals surface area contributed by atoms with E-state index in [4.69, 9.17) is 5.73 Å². The molecule has 0 bridgehead atoms. The largest absolute Gasteiger partial charge is 0.395 e. The molecule has 1 heterocycles. The molecule has 74 valence electrons. The summed E-state index contributed by atoms with van der Waals surface area (Å²) >= 11 is 5.14. The Labute approximate surface area is 90.9 Å². The molecule has 0 aliphatic carbocycles. The molecule has 0 amide bonds. The van der Waals surface area contributed by atoms with Crippen LogP contribution in [0.4, 0.5) is 0 Å². The summed E-state index contributed by atoms with van der Waals surface area (Å²) in [6, 6.07) is 2.04. The Hall–Kier alpha value is 0.100. The van der Waals surface area contributed by atoms with Crippen LogP contribution in [0.15, 0.2) is 10.5 Å². The first-order valence-electron chi connectivity index (χ1n) is 4.11. The number of aliphatic hydroxyl groups excluding tert-OH is 1. The normalized spacial score (nSPS) is 15.8. The summed E-state index contributed by atoms with van der Waals surface area (Å²) in [7, 11) is 0. The standard InChI is InChI=1S/C9H14BrNOS/c1-6-7(10)3-8(13-6)9(2,4-11)5-12/h3,12H,4-5,11H2,1-2H3. The Balaban J connectivity index is 3.05. The van der Waals surface area contributed by atoms with Gasteiger partial charge < -0.3 is 10.8 Å². The molecule has 0 aliphatic rings. The predicted octanol–water partition coefficient (Wildman–Crippen LogP) is 2.03. The summed E-state index contributed by atoms with van der Waals surface area (Å²) in [4.78, 5) is 2.37. The van der Waals surface area contributed by atoms with Gasteiger partial charge in [0.05, 0.1) is 6.61 Å². The van der Waals surface area contributed by atoms with Gasteiger partial charge in [0.2, 0.25) is 0 Å². The first-order valence-corrected chi connectivity index (χ1v) is 5.72. The molecule has 1 rings (SSSR count). The van der Waals surface area contributed by atoms with Crippen molar-refractivity contribution in [3.05, 3.63) is 20.3 Å². The summed E-state index contributed by atoms with van der Waals surface area (Å²) in [6.45, 7) is 4.59. The quantitative estimate of drug-likeness (QED) is 0.877. The first kappa shape index (κ1) is 11.2. The van der Waals surface area contributed by atoms with Crippen LogP contribution < -0.4 is 5.73 Å². The Kier molecular flexibility index (Phi) is 3.51. The third-order valence-corrected chi connectivity index (χ3v) is 4.69. The molecule has 3 N–H and O–H groups in total. The van der Waals surface area contributed by atoms with E-state index >= 15 is 0 Å². The zero-order valence-corrected chi connectivity index (χ0v) is 10.2. The van der Waals surface area contributed by atoms with Crippen molar-refractivity contribution in [1.29, 1.82) is 0 Å². The highest BCUT2D eigenvalue weighted by atomic mass is 79.9. The van der Waals surface area contributed by atoms with Crippen molar-refractivity contribution < 1.29 is 5.11 Å². The SMILES string of the molecule is Cc1sc(C(C)(CN)CO)cc1Br. The number of aliphatic hydroxyl groups is 1. The van der Waals surface area contributed by atoms with Crippen LogP contribution in [0.25, 0.3) is 0 Å². The molecule has 0 fully saturated rings. The fourth-order valence-corrected chi connectivity index (χ4v) is 2.68. The number of thiophene rings is 1. The molecule has 1 atom stereocenters. The lowest BCUT2D eigenvalue weighted by Crippen LogP contribution is -2.34. The van der Waals surface area contributed by atoms with Gasteiger partial charge in [-0.15, -0.1) is 11.3 Å². The Morgan fingerprint density at radius 3 is 2.62 bits per heavy atom. The molecule has 0 saturated carbocycles. The van der Waals surface area contributed by atoms with E-state index in [9.17, 15) is 5.11 Å². The second kappa shape index (κ2) is 4.09. The predicted molar refractivity (Wildman–Crippen MR) is 60.2 cm³/mol. The molecule has 13 heavy (non-hydrogen) atoms. The van der Waals surface area contributed by atoms with Gasteiger partial charge in [0.1, 0.15) is 0 Å². The second-order valence-electron chi connectivity index (χ2n) is 3.44. The smallest absolute Gasteiger partial charge is 0.0545 e. The molecule has 1 aromatic rings. The van der Waals surface area contributed by atoms with E-state index in [1.165, 1.54) is 4.88 Å². The number of nitrogens with two attached hydrogens (primary N) is 1. The molecule has 4 heteroatoms. The maximum absolute atomic E-state index is 9.25. The summed E-state index contributed by atoms with van der Waals surface area (Å²) in [5.41, 5.74) is 5.35. The lowest BCUT2D eigenvalue weighted by Gasteiger charge is -2.23. The number of aryl methyl sites for hydroxylation is 1. The molecule has 0 aliphatic heterocycles. The van der Waals surface area contributed by atoms with E-state index in [2.05, 4.69) is 15.9 Å². The van der Waals surface area contributed by atoms with Gasteiger partial charge >= 0.3 is 0 Å². The highest BCUT2D eigenvalue weighted by Crippen LogP contribution is 2.34. The maximum atomic E-state index is 9.25. The summed E-state index contributed by atoms with van der Waals surface area (Å²) in [6.07, 6.45) is 0.